The molecule has 2 aromatic rings. The fourth-order valence-corrected chi connectivity index (χ4v) is 2.39. The van der Waals surface area contributed by atoms with Gasteiger partial charge in [0.05, 0.1) is 21.8 Å². The van der Waals surface area contributed by atoms with Crippen molar-refractivity contribution in [2.24, 2.45) is 0 Å². The van der Waals surface area contributed by atoms with Gasteiger partial charge >= 0.3 is 5.97 Å². The Kier molecular flexibility index (Phi) is 2.88. The summed E-state index contributed by atoms with van der Waals surface area (Å²) in [5, 5.41) is 0.570. The number of nitrogens with zero attached hydrogens (tertiary/aromatic N) is 1. The topological polar surface area (TPSA) is 30.7 Å². The van der Waals surface area contributed by atoms with E-state index in [0.717, 1.165) is 9.09 Å². The third-order valence-electron chi connectivity index (χ3n) is 2.10. The van der Waals surface area contributed by atoms with Crippen molar-refractivity contribution >= 4 is 45.7 Å². The van der Waals surface area contributed by atoms with Crippen LogP contribution >= 0.6 is 34.2 Å². The maximum Gasteiger partial charge on any atom is 0.340 e. The largest absolute Gasteiger partial charge is 0.465 e. The summed E-state index contributed by atoms with van der Waals surface area (Å²) in [6.45, 7) is 0. The van der Waals surface area contributed by atoms with Crippen LogP contribution in [0.1, 0.15) is 10.4 Å². The maximum absolute atomic E-state index is 11.4. The van der Waals surface area contributed by atoms with Crippen LogP contribution in [-0.4, -0.2) is 17.5 Å². The van der Waals surface area contributed by atoms with Crippen LogP contribution in [0.5, 0.6) is 0 Å². The second-order valence-electron chi connectivity index (χ2n) is 2.95. The molecule has 3 nitrogen and oxygen atoms in total. The Morgan fingerprint density at radius 3 is 2.87 bits per heavy atom. The molecule has 0 fully saturated rings. The lowest BCUT2D eigenvalue weighted by atomic mass is 10.3. The third-order valence-corrected chi connectivity index (χ3v) is 3.54. The summed E-state index contributed by atoms with van der Waals surface area (Å²) in [7, 11) is 1.36. The number of esters is 1. The van der Waals surface area contributed by atoms with Crippen molar-refractivity contribution in [3.8, 4) is 0 Å². The van der Waals surface area contributed by atoms with E-state index in [-0.39, 0.29) is 5.97 Å². The van der Waals surface area contributed by atoms with Crippen LogP contribution < -0.4 is 0 Å². The van der Waals surface area contributed by atoms with Crippen LogP contribution in [0.25, 0.3) is 5.52 Å². The molecule has 0 unspecified atom stereocenters. The molecule has 0 N–H and O–H groups in total. The standard InChI is InChI=1S/C10H7ClINO2/c1-15-10(14)6-5-13-7(9(6)12)3-2-4-8(13)11/h2-5H,1H3. The minimum atomic E-state index is -0.348. The minimum Gasteiger partial charge on any atom is -0.465 e. The van der Waals surface area contributed by atoms with Gasteiger partial charge in [0, 0.05) is 6.20 Å². The summed E-state index contributed by atoms with van der Waals surface area (Å²) in [6.07, 6.45) is 1.69. The first-order chi connectivity index (χ1) is 7.15. The molecule has 0 spiro atoms. The molecular weight excluding hydrogens is 328 g/mol. The van der Waals surface area contributed by atoms with Crippen LogP contribution in [-0.2, 0) is 4.74 Å². The van der Waals surface area contributed by atoms with Gasteiger partial charge < -0.3 is 9.14 Å². The van der Waals surface area contributed by atoms with Gasteiger partial charge in [-0.3, -0.25) is 0 Å². The lowest BCUT2D eigenvalue weighted by Crippen LogP contribution is -2.00. The number of carbonyl (C=O) groups is 1. The third kappa shape index (κ3) is 1.72. The van der Waals surface area contributed by atoms with E-state index < -0.39 is 0 Å². The van der Waals surface area contributed by atoms with E-state index in [1.54, 1.807) is 16.7 Å². The fourth-order valence-electron chi connectivity index (χ4n) is 1.38. The molecule has 0 radical (unpaired) electrons. The van der Waals surface area contributed by atoms with Crippen molar-refractivity contribution in [3.05, 3.63) is 38.7 Å². The van der Waals surface area contributed by atoms with E-state index in [1.807, 2.05) is 12.1 Å². The van der Waals surface area contributed by atoms with Crippen molar-refractivity contribution in [1.82, 2.24) is 4.40 Å². The van der Waals surface area contributed by atoms with E-state index in [1.165, 1.54) is 7.11 Å². The van der Waals surface area contributed by atoms with Gasteiger partial charge in [0.1, 0.15) is 5.15 Å². The zero-order valence-electron chi connectivity index (χ0n) is 7.83. The van der Waals surface area contributed by atoms with Crippen molar-refractivity contribution in [2.45, 2.75) is 0 Å². The van der Waals surface area contributed by atoms with Crippen LogP contribution in [0.2, 0.25) is 5.15 Å². The predicted octanol–water partition coefficient (Wildman–Crippen LogP) is 2.98. The number of halogens is 2. The number of hydrogen-bond acceptors (Lipinski definition) is 2. The second-order valence-corrected chi connectivity index (χ2v) is 4.42. The van der Waals surface area contributed by atoms with Gasteiger partial charge in [-0.05, 0) is 34.7 Å². The number of ether oxygens (including phenoxy) is 1. The van der Waals surface area contributed by atoms with Crippen LogP contribution in [0, 0.1) is 3.57 Å². The average molecular weight is 336 g/mol. The number of methoxy groups -OCH3 is 1. The molecule has 0 bridgehead atoms. The second kappa shape index (κ2) is 4.02. The zero-order chi connectivity index (χ0) is 11.0. The van der Waals surface area contributed by atoms with Gasteiger partial charge in [-0.25, -0.2) is 4.79 Å². The van der Waals surface area contributed by atoms with E-state index in [9.17, 15) is 4.79 Å². The number of hydrogen-bond donors (Lipinski definition) is 0. The molecule has 0 aliphatic rings. The van der Waals surface area contributed by atoms with Gasteiger partial charge in [-0.2, -0.15) is 0 Å². The zero-order valence-corrected chi connectivity index (χ0v) is 10.7. The highest BCUT2D eigenvalue weighted by Gasteiger charge is 2.16. The SMILES string of the molecule is COC(=O)c1cn2c(Cl)cccc2c1I. The molecule has 0 saturated carbocycles. The molecule has 5 heteroatoms. The van der Waals surface area contributed by atoms with Crippen molar-refractivity contribution in [3.63, 3.8) is 0 Å². The Morgan fingerprint density at radius 2 is 2.27 bits per heavy atom. The van der Waals surface area contributed by atoms with Gasteiger partial charge in [0.25, 0.3) is 0 Å². The summed E-state index contributed by atoms with van der Waals surface area (Å²) < 4.78 is 7.29. The molecule has 0 aromatic carbocycles. The molecule has 0 atom stereocenters. The highest BCUT2D eigenvalue weighted by Crippen LogP contribution is 2.24. The van der Waals surface area contributed by atoms with Crippen molar-refractivity contribution < 1.29 is 9.53 Å². The summed E-state index contributed by atoms with van der Waals surface area (Å²) >= 11 is 8.11. The Bertz CT molecular complexity index is 535. The predicted molar refractivity (Wildman–Crippen MR) is 66.5 cm³/mol. The number of fused-ring (bicyclic) bond motifs is 1. The normalized spacial score (nSPS) is 10.6. The average Bonchev–Trinajstić information content (AvgIpc) is 2.57. The first-order valence-corrected chi connectivity index (χ1v) is 5.64. The van der Waals surface area contributed by atoms with E-state index >= 15 is 0 Å². The number of rotatable bonds is 1. The lowest BCUT2D eigenvalue weighted by molar-refractivity contribution is 0.0600. The van der Waals surface area contributed by atoms with Gasteiger partial charge in [-0.1, -0.05) is 17.7 Å². The van der Waals surface area contributed by atoms with Crippen LogP contribution in [0.3, 0.4) is 0 Å². The first-order valence-electron chi connectivity index (χ1n) is 4.18. The molecule has 2 rings (SSSR count). The quantitative estimate of drug-likeness (QED) is 0.456. The van der Waals surface area contributed by atoms with E-state index in [0.29, 0.717) is 10.7 Å². The van der Waals surface area contributed by atoms with Gasteiger partial charge in [-0.15, -0.1) is 0 Å². The number of carbonyl (C=O) groups excluding carboxylic acids is 1. The Hall–Kier alpha value is -0.750. The van der Waals surface area contributed by atoms with Crippen LogP contribution in [0.4, 0.5) is 0 Å². The van der Waals surface area contributed by atoms with Gasteiger partial charge in [0.15, 0.2) is 0 Å². The summed E-state index contributed by atoms with van der Waals surface area (Å²) in [5.74, 6) is -0.348. The number of pyridine rings is 1. The molecule has 2 aromatic heterocycles. The summed E-state index contributed by atoms with van der Waals surface area (Å²) in [6, 6.07) is 5.52. The highest BCUT2D eigenvalue weighted by atomic mass is 127. The summed E-state index contributed by atoms with van der Waals surface area (Å²) in [4.78, 5) is 11.4. The van der Waals surface area contributed by atoms with Crippen LogP contribution in [0.15, 0.2) is 24.4 Å². The van der Waals surface area contributed by atoms with E-state index in [2.05, 4.69) is 27.3 Å². The molecule has 0 aliphatic heterocycles. The Labute approximate surface area is 105 Å². The molecular formula is C10H7ClINO2. The van der Waals surface area contributed by atoms with E-state index in [4.69, 9.17) is 11.6 Å². The molecule has 78 valence electrons. The number of aromatic nitrogens is 1. The first kappa shape index (κ1) is 10.8. The van der Waals surface area contributed by atoms with Crippen molar-refractivity contribution in [2.75, 3.05) is 7.11 Å². The fraction of sp³-hybridized carbons (Fsp3) is 0.100. The summed E-state index contributed by atoms with van der Waals surface area (Å²) in [5.41, 5.74) is 1.44. The van der Waals surface area contributed by atoms with Crippen molar-refractivity contribution in [1.29, 1.82) is 0 Å². The molecule has 0 saturated heterocycles. The lowest BCUT2D eigenvalue weighted by Gasteiger charge is -1.96. The monoisotopic (exact) mass is 335 g/mol. The Morgan fingerprint density at radius 1 is 1.53 bits per heavy atom. The molecule has 2 heterocycles. The smallest absolute Gasteiger partial charge is 0.340 e. The molecule has 0 aliphatic carbocycles. The maximum atomic E-state index is 11.4. The minimum absolute atomic E-state index is 0.348. The highest BCUT2D eigenvalue weighted by molar-refractivity contribution is 14.1. The van der Waals surface area contributed by atoms with Gasteiger partial charge in [0.2, 0.25) is 0 Å². The Balaban J connectivity index is 2.75. The molecule has 15 heavy (non-hydrogen) atoms. The molecule has 0 amide bonds.